The van der Waals surface area contributed by atoms with Crippen molar-refractivity contribution in [3.05, 3.63) is 62.9 Å². The lowest BCUT2D eigenvalue weighted by molar-refractivity contribution is -0.189. The van der Waals surface area contributed by atoms with Gasteiger partial charge in [-0.05, 0) is 37.6 Å². The van der Waals surface area contributed by atoms with E-state index in [4.69, 9.17) is 22.3 Å². The number of hydrogen-bond acceptors (Lipinski definition) is 7. The molecule has 1 aromatic carbocycles. The first-order chi connectivity index (χ1) is 16.4. The Morgan fingerprint density at radius 3 is 2.76 bits per heavy atom. The molecule has 2 aliphatic rings. The second kappa shape index (κ2) is 8.09. The molecule has 172 valence electrons. The number of likely N-dealkylation sites (N-methyl/N-ethyl adjacent to an activating group) is 1. The molecule has 5 rings (SSSR count). The fraction of sp³-hybridized carbons (Fsp3) is 0.360. The maximum Gasteiger partial charge on any atom is 0.355 e. The lowest BCUT2D eigenvalue weighted by Gasteiger charge is -2.36. The van der Waals surface area contributed by atoms with E-state index >= 15 is 0 Å². The van der Waals surface area contributed by atoms with Crippen LogP contribution in [-0.2, 0) is 44.2 Å². The van der Waals surface area contributed by atoms with Crippen LogP contribution in [0.2, 0.25) is 0 Å². The van der Waals surface area contributed by atoms with Crippen LogP contribution in [-0.4, -0.2) is 42.3 Å². The summed E-state index contributed by atoms with van der Waals surface area (Å²) in [6.07, 6.45) is 0.871. The first-order valence-electron chi connectivity index (χ1n) is 11.4. The zero-order chi connectivity index (χ0) is 24.2. The van der Waals surface area contributed by atoms with E-state index in [1.165, 1.54) is 7.05 Å². The molecule has 0 spiro atoms. The van der Waals surface area contributed by atoms with Gasteiger partial charge in [0.15, 0.2) is 0 Å². The Kier molecular flexibility index (Phi) is 5.32. The van der Waals surface area contributed by atoms with E-state index in [0.29, 0.717) is 29.1 Å². The molecule has 2 aromatic heterocycles. The molecule has 0 saturated carbocycles. The Labute approximate surface area is 197 Å². The third kappa shape index (κ3) is 3.03. The number of aromatic nitrogens is 2. The van der Waals surface area contributed by atoms with E-state index < -0.39 is 23.5 Å². The van der Waals surface area contributed by atoms with Crippen LogP contribution in [0.25, 0.3) is 22.3 Å². The summed E-state index contributed by atoms with van der Waals surface area (Å²) in [5.74, 6) is -2.66. The van der Waals surface area contributed by atoms with E-state index in [1.54, 1.807) is 17.6 Å². The minimum absolute atomic E-state index is 0.0854. The van der Waals surface area contributed by atoms with Crippen molar-refractivity contribution in [3.8, 4) is 11.4 Å². The molecule has 0 amide bonds. The number of esters is 2. The van der Waals surface area contributed by atoms with E-state index in [0.717, 1.165) is 28.5 Å². The van der Waals surface area contributed by atoms with Gasteiger partial charge in [-0.3, -0.25) is 9.59 Å². The summed E-state index contributed by atoms with van der Waals surface area (Å²) >= 11 is 0. The van der Waals surface area contributed by atoms with Crippen molar-refractivity contribution in [2.24, 2.45) is 0 Å². The number of nitrogens with zero attached hydrogens (tertiary/aromatic N) is 2. The number of carbonyl (C=O) groups is 2. The molecule has 3 aromatic rings. The summed E-state index contributed by atoms with van der Waals surface area (Å²) in [5.41, 5.74) is 2.86. The van der Waals surface area contributed by atoms with Gasteiger partial charge < -0.3 is 19.4 Å². The van der Waals surface area contributed by atoms with Gasteiger partial charge in [0.1, 0.15) is 14.5 Å². The van der Waals surface area contributed by atoms with Crippen molar-refractivity contribution >= 4 is 30.7 Å². The highest BCUT2D eigenvalue weighted by molar-refractivity contribution is 6.22. The van der Waals surface area contributed by atoms with Crippen molar-refractivity contribution in [3.63, 3.8) is 0 Å². The lowest BCUT2D eigenvalue weighted by Crippen LogP contribution is -2.50. The topological polar surface area (TPSA) is 99.5 Å². The lowest BCUT2D eigenvalue weighted by atomic mass is 9.85. The average molecular weight is 457 g/mol. The number of ether oxygens (including phenoxy) is 2. The molecule has 9 heteroatoms. The Bertz CT molecular complexity index is 1420. The van der Waals surface area contributed by atoms with Crippen molar-refractivity contribution in [1.29, 1.82) is 0 Å². The van der Waals surface area contributed by atoms with Crippen LogP contribution in [0.4, 0.5) is 0 Å². The molecule has 2 unspecified atom stereocenters. The molecule has 2 aliphatic heterocycles. The normalized spacial score (nSPS) is 19.2. The predicted octanol–water partition coefficient (Wildman–Crippen LogP) is 1.91. The van der Waals surface area contributed by atoms with E-state index in [9.17, 15) is 14.4 Å². The van der Waals surface area contributed by atoms with Crippen LogP contribution >= 0.6 is 0 Å². The highest BCUT2D eigenvalue weighted by Gasteiger charge is 2.50. The summed E-state index contributed by atoms with van der Waals surface area (Å²) in [4.78, 5) is 44.1. The largest absolute Gasteiger partial charge is 0.457 e. The van der Waals surface area contributed by atoms with Crippen molar-refractivity contribution in [1.82, 2.24) is 14.9 Å². The quantitative estimate of drug-likeness (QED) is 0.361. The Hall–Kier alpha value is -3.46. The second-order valence-corrected chi connectivity index (χ2v) is 8.55. The molecule has 0 aliphatic carbocycles. The molecule has 4 heterocycles. The zero-order valence-electron chi connectivity index (χ0n) is 19.3. The smallest absolute Gasteiger partial charge is 0.355 e. The number of aryl methyl sites for hydroxylation is 1. The van der Waals surface area contributed by atoms with Crippen LogP contribution in [0, 0.1) is 0 Å². The number of carbonyl (C=O) groups excluding carboxylic acids is 2. The number of cyclic esters (lactones) is 1. The van der Waals surface area contributed by atoms with Gasteiger partial charge >= 0.3 is 11.9 Å². The van der Waals surface area contributed by atoms with Crippen LogP contribution < -0.4 is 10.9 Å². The fourth-order valence-electron chi connectivity index (χ4n) is 5.03. The van der Waals surface area contributed by atoms with Gasteiger partial charge in [-0.2, -0.15) is 0 Å². The minimum atomic E-state index is -1.76. The van der Waals surface area contributed by atoms with Crippen molar-refractivity contribution in [2.45, 2.75) is 51.4 Å². The maximum absolute atomic E-state index is 13.6. The van der Waals surface area contributed by atoms with Gasteiger partial charge in [0.25, 0.3) is 5.56 Å². The van der Waals surface area contributed by atoms with E-state index in [1.807, 2.05) is 24.3 Å². The number of nitrogens with one attached hydrogen (secondary N) is 1. The van der Waals surface area contributed by atoms with Crippen LogP contribution in [0.15, 0.2) is 35.1 Å². The van der Waals surface area contributed by atoms with Crippen molar-refractivity contribution in [2.75, 3.05) is 7.05 Å². The second-order valence-electron chi connectivity index (χ2n) is 8.55. The molecule has 0 bridgehead atoms. The third-order valence-electron chi connectivity index (χ3n) is 6.87. The summed E-state index contributed by atoms with van der Waals surface area (Å²) in [5, 5.41) is 3.67. The molecule has 34 heavy (non-hydrogen) atoms. The Morgan fingerprint density at radius 1 is 1.29 bits per heavy atom. The van der Waals surface area contributed by atoms with Crippen LogP contribution in [0.1, 0.15) is 42.5 Å². The predicted molar refractivity (Wildman–Crippen MR) is 126 cm³/mol. The summed E-state index contributed by atoms with van der Waals surface area (Å²) in [6, 6.07) is 9.65. The number of para-hydroxylation sites is 1. The summed E-state index contributed by atoms with van der Waals surface area (Å²) in [6.45, 7) is 3.98. The van der Waals surface area contributed by atoms with Gasteiger partial charge in [0.2, 0.25) is 5.60 Å². The molecular weight excluding hydrogens is 433 g/mol. The number of rotatable bonds is 5. The molecule has 1 N–H and O–H groups in total. The number of hydrogen-bond donors (Lipinski definition) is 1. The number of pyridine rings is 2. The van der Waals surface area contributed by atoms with E-state index in [2.05, 4.69) is 12.2 Å². The molecule has 0 fully saturated rings. The van der Waals surface area contributed by atoms with Crippen molar-refractivity contribution < 1.29 is 19.1 Å². The van der Waals surface area contributed by atoms with Gasteiger partial charge in [0, 0.05) is 16.5 Å². The SMILES string of the molecule is [B]C(NC)C(=O)OC1(CC)C(=O)OCc2c1cc1n(c2=O)Cc2c-1nc1ccccc1c2CC. The molecule has 2 atom stereocenters. The highest BCUT2D eigenvalue weighted by atomic mass is 16.6. The zero-order valence-corrected chi connectivity index (χ0v) is 19.3. The first kappa shape index (κ1) is 22.3. The minimum Gasteiger partial charge on any atom is -0.457 e. The van der Waals surface area contributed by atoms with Gasteiger partial charge in [-0.25, -0.2) is 9.78 Å². The van der Waals surface area contributed by atoms with Crippen LogP contribution in [0.5, 0.6) is 0 Å². The summed E-state index contributed by atoms with van der Waals surface area (Å²) < 4.78 is 12.7. The van der Waals surface area contributed by atoms with E-state index in [-0.39, 0.29) is 18.6 Å². The highest BCUT2D eigenvalue weighted by Crippen LogP contribution is 2.42. The fourth-order valence-corrected chi connectivity index (χ4v) is 5.03. The van der Waals surface area contributed by atoms with Gasteiger partial charge in [-0.1, -0.05) is 32.0 Å². The molecular formula is C25H24BN3O5. The van der Waals surface area contributed by atoms with Gasteiger partial charge in [-0.15, -0.1) is 0 Å². The molecule has 0 saturated heterocycles. The Balaban J connectivity index is 1.76. The average Bonchev–Trinajstić information content (AvgIpc) is 3.22. The first-order valence-corrected chi connectivity index (χ1v) is 11.4. The number of fused-ring (bicyclic) bond motifs is 5. The standard InChI is InChI=1S/C25H24BN3O5/c1-4-13-14-8-6-7-9-18(14)28-20-15(13)11-29-19(20)10-17-16(22(29)30)12-33-24(32)25(17,5-2)34-23(31)21(26)27-3/h6-10,21,27H,4-5,11-12H2,1-3H3. The van der Waals surface area contributed by atoms with Crippen LogP contribution in [0.3, 0.4) is 0 Å². The number of benzene rings is 1. The Morgan fingerprint density at radius 2 is 2.06 bits per heavy atom. The maximum atomic E-state index is 13.6. The summed E-state index contributed by atoms with van der Waals surface area (Å²) in [7, 11) is 7.28. The van der Waals surface area contributed by atoms with Gasteiger partial charge in [0.05, 0.1) is 35.0 Å². The third-order valence-corrected chi connectivity index (χ3v) is 6.87. The molecule has 8 nitrogen and oxygen atoms in total. The molecule has 2 radical (unpaired) electrons. The monoisotopic (exact) mass is 457 g/mol.